The molecule has 1 saturated heterocycles. The van der Waals surface area contributed by atoms with Crippen molar-refractivity contribution in [1.29, 1.82) is 0 Å². The second-order valence-electron chi connectivity index (χ2n) is 7.09. The molecule has 0 spiro atoms. The number of fused-ring (bicyclic) bond motifs is 1. The number of benzene rings is 1. The first-order valence-electron chi connectivity index (χ1n) is 8.82. The topological polar surface area (TPSA) is 75.6 Å². The summed E-state index contributed by atoms with van der Waals surface area (Å²) in [5, 5.41) is 3.78. The zero-order valence-corrected chi connectivity index (χ0v) is 15.1. The maximum atomic E-state index is 12.6. The number of likely N-dealkylation sites (tertiary alicyclic amines) is 1. The minimum Gasteiger partial charge on any atom is -0.464 e. The number of carbonyl (C=O) groups excluding carboxylic acids is 2. The van der Waals surface area contributed by atoms with E-state index in [1.807, 2.05) is 25.1 Å². The molecule has 1 aliphatic rings. The molecular formula is C19H26N3O3+. The molecule has 1 unspecified atom stereocenters. The van der Waals surface area contributed by atoms with Crippen LogP contribution in [0.5, 0.6) is 0 Å². The van der Waals surface area contributed by atoms with Crippen molar-refractivity contribution in [1.82, 2.24) is 4.98 Å². The molecule has 3 rings (SSSR count). The molecule has 0 radical (unpaired) electrons. The van der Waals surface area contributed by atoms with Crippen molar-refractivity contribution in [2.24, 2.45) is 5.92 Å². The van der Waals surface area contributed by atoms with E-state index in [1.54, 1.807) is 0 Å². The lowest BCUT2D eigenvalue weighted by molar-refractivity contribution is -0.900. The third kappa shape index (κ3) is 3.85. The molecule has 6 nitrogen and oxygen atoms in total. The normalized spacial score (nSPS) is 20.4. The molecule has 134 valence electrons. The van der Waals surface area contributed by atoms with Gasteiger partial charge in [0, 0.05) is 16.8 Å². The highest BCUT2D eigenvalue weighted by atomic mass is 16.5. The van der Waals surface area contributed by atoms with Crippen LogP contribution >= 0.6 is 0 Å². The van der Waals surface area contributed by atoms with Crippen LogP contribution in [0.15, 0.2) is 18.2 Å². The maximum absolute atomic E-state index is 12.6. The predicted molar refractivity (Wildman–Crippen MR) is 97.0 cm³/mol. The summed E-state index contributed by atoms with van der Waals surface area (Å²) < 4.78 is 4.86. The zero-order chi connectivity index (χ0) is 18.0. The van der Waals surface area contributed by atoms with Gasteiger partial charge in [-0.25, -0.2) is 4.79 Å². The van der Waals surface area contributed by atoms with Gasteiger partial charge in [0.05, 0.1) is 25.9 Å². The molecule has 2 aromatic rings. The predicted octanol–water partition coefficient (Wildman–Crippen LogP) is 1.52. The number of nitrogens with one attached hydrogen (secondary N) is 3. The number of amides is 1. The number of hydrogen-bond acceptors (Lipinski definition) is 3. The van der Waals surface area contributed by atoms with Crippen molar-refractivity contribution >= 4 is 28.5 Å². The maximum Gasteiger partial charge on any atom is 0.356 e. The summed E-state index contributed by atoms with van der Waals surface area (Å²) in [5.74, 6) is 0.0951. The molecule has 1 aliphatic heterocycles. The van der Waals surface area contributed by atoms with Gasteiger partial charge >= 0.3 is 5.97 Å². The SMILES string of the molecule is COC(=O)c1[nH]c2ccc(C)cc2c1NC(=O)C[NH+]1CCC[C@H](C)C1. The summed E-state index contributed by atoms with van der Waals surface area (Å²) in [6.07, 6.45) is 2.39. The molecular weight excluding hydrogens is 318 g/mol. The highest BCUT2D eigenvalue weighted by Crippen LogP contribution is 2.29. The van der Waals surface area contributed by atoms with E-state index in [-0.39, 0.29) is 5.91 Å². The minimum atomic E-state index is -0.483. The first-order chi connectivity index (χ1) is 12.0. The molecule has 0 aliphatic carbocycles. The summed E-state index contributed by atoms with van der Waals surface area (Å²) in [6.45, 7) is 6.67. The zero-order valence-electron chi connectivity index (χ0n) is 15.1. The fourth-order valence-electron chi connectivity index (χ4n) is 3.66. The number of piperidine rings is 1. The van der Waals surface area contributed by atoms with Crippen molar-refractivity contribution in [3.05, 3.63) is 29.5 Å². The van der Waals surface area contributed by atoms with Gasteiger partial charge in [-0.1, -0.05) is 18.6 Å². The Kier molecular flexibility index (Phi) is 5.08. The van der Waals surface area contributed by atoms with E-state index in [2.05, 4.69) is 17.2 Å². The minimum absolute atomic E-state index is 0.0725. The average Bonchev–Trinajstić information content (AvgIpc) is 2.92. The molecule has 2 atom stereocenters. The van der Waals surface area contributed by atoms with Crippen molar-refractivity contribution in [2.45, 2.75) is 26.7 Å². The van der Waals surface area contributed by atoms with Crippen LogP contribution in [-0.2, 0) is 9.53 Å². The van der Waals surface area contributed by atoms with Gasteiger partial charge in [0.1, 0.15) is 5.69 Å². The summed E-state index contributed by atoms with van der Waals surface area (Å²) in [7, 11) is 1.34. The number of esters is 1. The van der Waals surface area contributed by atoms with Crippen molar-refractivity contribution in [3.8, 4) is 0 Å². The Morgan fingerprint density at radius 3 is 2.92 bits per heavy atom. The van der Waals surface area contributed by atoms with Gasteiger partial charge in [-0.3, -0.25) is 4.79 Å². The van der Waals surface area contributed by atoms with E-state index in [0.29, 0.717) is 23.8 Å². The first kappa shape index (κ1) is 17.5. The van der Waals surface area contributed by atoms with Crippen molar-refractivity contribution in [2.75, 3.05) is 32.1 Å². The lowest BCUT2D eigenvalue weighted by Crippen LogP contribution is -3.14. The molecule has 1 aromatic heterocycles. The van der Waals surface area contributed by atoms with Crippen LogP contribution < -0.4 is 10.2 Å². The number of aromatic nitrogens is 1. The molecule has 3 N–H and O–H groups in total. The lowest BCUT2D eigenvalue weighted by Gasteiger charge is -2.27. The number of anilines is 1. The number of aryl methyl sites for hydroxylation is 1. The van der Waals surface area contributed by atoms with E-state index in [1.165, 1.54) is 18.4 Å². The standard InChI is InChI=1S/C19H25N3O3/c1-12-6-7-15-14(9-12)17(18(20-15)19(24)25-3)21-16(23)11-22-8-4-5-13(2)10-22/h6-7,9,13,20H,4-5,8,10-11H2,1-3H3,(H,21,23)/p+1/t13-/m0/s1. The Balaban J connectivity index is 1.84. The van der Waals surface area contributed by atoms with Crippen molar-refractivity contribution in [3.63, 3.8) is 0 Å². The summed E-state index contributed by atoms with van der Waals surface area (Å²) >= 11 is 0. The number of hydrogen-bond donors (Lipinski definition) is 3. The Labute approximate surface area is 147 Å². The number of quaternary nitrogens is 1. The van der Waals surface area contributed by atoms with Gasteiger partial charge in [0.2, 0.25) is 0 Å². The molecule has 6 heteroatoms. The van der Waals surface area contributed by atoms with Crippen LogP contribution in [0.1, 0.15) is 35.8 Å². The summed E-state index contributed by atoms with van der Waals surface area (Å²) in [4.78, 5) is 29.0. The van der Waals surface area contributed by atoms with Gasteiger partial charge in [0.15, 0.2) is 6.54 Å². The van der Waals surface area contributed by atoms with E-state index in [9.17, 15) is 9.59 Å². The highest BCUT2D eigenvalue weighted by molar-refractivity contribution is 6.11. The van der Waals surface area contributed by atoms with E-state index in [4.69, 9.17) is 4.74 Å². The Morgan fingerprint density at radius 2 is 2.20 bits per heavy atom. The van der Waals surface area contributed by atoms with Crippen molar-refractivity contribution < 1.29 is 19.2 Å². The van der Waals surface area contributed by atoms with Crippen LogP contribution in [-0.4, -0.2) is 43.6 Å². The fraction of sp³-hybridized carbons (Fsp3) is 0.474. The fourth-order valence-corrected chi connectivity index (χ4v) is 3.66. The number of H-pyrrole nitrogens is 1. The molecule has 1 amide bonds. The van der Waals surface area contributed by atoms with Gasteiger partial charge in [-0.15, -0.1) is 0 Å². The first-order valence-corrected chi connectivity index (χ1v) is 8.82. The molecule has 1 aromatic carbocycles. The number of aromatic amines is 1. The average molecular weight is 344 g/mol. The van der Waals surface area contributed by atoms with Crippen LogP contribution in [0.4, 0.5) is 5.69 Å². The van der Waals surface area contributed by atoms with Gasteiger partial charge in [-0.05, 0) is 31.9 Å². The van der Waals surface area contributed by atoms with Gasteiger partial charge in [0.25, 0.3) is 5.91 Å². The Hall–Kier alpha value is -2.34. The van der Waals surface area contributed by atoms with Crippen LogP contribution in [0.3, 0.4) is 0 Å². The van der Waals surface area contributed by atoms with Crippen LogP contribution in [0.25, 0.3) is 10.9 Å². The summed E-state index contributed by atoms with van der Waals surface area (Å²) in [6, 6.07) is 5.83. The molecule has 0 saturated carbocycles. The molecule has 1 fully saturated rings. The van der Waals surface area contributed by atoms with Crippen LogP contribution in [0.2, 0.25) is 0 Å². The van der Waals surface area contributed by atoms with E-state index >= 15 is 0 Å². The third-order valence-electron chi connectivity index (χ3n) is 4.88. The Bertz CT molecular complexity index is 797. The lowest BCUT2D eigenvalue weighted by atomic mass is 10.0. The molecule has 25 heavy (non-hydrogen) atoms. The van der Waals surface area contributed by atoms with E-state index < -0.39 is 5.97 Å². The largest absolute Gasteiger partial charge is 0.464 e. The van der Waals surface area contributed by atoms with Gasteiger partial charge in [-0.2, -0.15) is 0 Å². The number of methoxy groups -OCH3 is 1. The second-order valence-corrected chi connectivity index (χ2v) is 7.09. The molecule has 2 heterocycles. The monoisotopic (exact) mass is 344 g/mol. The highest BCUT2D eigenvalue weighted by Gasteiger charge is 2.25. The third-order valence-corrected chi connectivity index (χ3v) is 4.88. The van der Waals surface area contributed by atoms with Crippen LogP contribution in [0, 0.1) is 12.8 Å². The quantitative estimate of drug-likeness (QED) is 0.736. The van der Waals surface area contributed by atoms with Gasteiger partial charge < -0.3 is 19.9 Å². The molecule has 0 bridgehead atoms. The number of ether oxygens (including phenoxy) is 1. The van der Waals surface area contributed by atoms with E-state index in [0.717, 1.165) is 36.0 Å². The number of carbonyl (C=O) groups is 2. The second kappa shape index (κ2) is 7.27. The number of rotatable bonds is 4. The Morgan fingerprint density at radius 1 is 1.40 bits per heavy atom. The summed E-state index contributed by atoms with van der Waals surface area (Å²) in [5.41, 5.74) is 2.67. The smallest absolute Gasteiger partial charge is 0.356 e.